The number of hydrogen-bond acceptors (Lipinski definition) is 3. The van der Waals surface area contributed by atoms with Crippen molar-refractivity contribution in [2.24, 2.45) is 4.99 Å². The van der Waals surface area contributed by atoms with E-state index in [-0.39, 0.29) is 17.0 Å². The minimum absolute atomic E-state index is 0.0320. The average molecular weight is 328 g/mol. The molecule has 0 radical (unpaired) electrons. The molecule has 3 rings (SSSR count). The zero-order valence-corrected chi connectivity index (χ0v) is 13.6. The van der Waals surface area contributed by atoms with E-state index in [9.17, 15) is 9.18 Å². The number of rotatable bonds is 4. The van der Waals surface area contributed by atoms with E-state index in [2.05, 4.69) is 41.5 Å². The maximum Gasteiger partial charge on any atom is 0.239 e. The summed E-state index contributed by atoms with van der Waals surface area (Å²) >= 11 is 1.42. The van der Waals surface area contributed by atoms with Crippen LogP contribution in [0.25, 0.3) is 0 Å². The predicted octanol–water partition coefficient (Wildman–Crippen LogP) is 3.85. The summed E-state index contributed by atoms with van der Waals surface area (Å²) in [6.07, 6.45) is 1.68. The molecule has 0 spiro atoms. The first-order valence-electron chi connectivity index (χ1n) is 7.53. The second kappa shape index (κ2) is 6.96. The van der Waals surface area contributed by atoms with Gasteiger partial charge in [-0.2, -0.15) is 0 Å². The molecule has 1 fully saturated rings. The van der Waals surface area contributed by atoms with E-state index in [1.807, 2.05) is 0 Å². The molecule has 1 amide bonds. The summed E-state index contributed by atoms with van der Waals surface area (Å²) < 4.78 is 12.9. The van der Waals surface area contributed by atoms with Gasteiger partial charge in [-0.05, 0) is 48.2 Å². The van der Waals surface area contributed by atoms with Crippen LogP contribution in [0.3, 0.4) is 0 Å². The van der Waals surface area contributed by atoms with Gasteiger partial charge in [-0.25, -0.2) is 9.38 Å². The quantitative estimate of drug-likeness (QED) is 0.926. The molecule has 1 aliphatic heterocycles. The van der Waals surface area contributed by atoms with Gasteiger partial charge >= 0.3 is 0 Å². The van der Waals surface area contributed by atoms with E-state index in [0.717, 1.165) is 12.0 Å². The molecule has 1 heterocycles. The molecular formula is C18H17FN2OS. The number of aryl methyl sites for hydroxylation is 1. The fourth-order valence-electron chi connectivity index (χ4n) is 2.35. The Kier molecular flexibility index (Phi) is 4.76. The molecule has 1 atom stereocenters. The van der Waals surface area contributed by atoms with Crippen LogP contribution in [0, 0.1) is 5.82 Å². The average Bonchev–Trinajstić information content (AvgIpc) is 2.90. The van der Waals surface area contributed by atoms with Crippen molar-refractivity contribution in [3.05, 3.63) is 65.5 Å². The zero-order valence-electron chi connectivity index (χ0n) is 12.8. The molecule has 1 N–H and O–H groups in total. The van der Waals surface area contributed by atoms with Crippen LogP contribution in [-0.2, 0) is 17.6 Å². The van der Waals surface area contributed by atoms with E-state index in [1.54, 1.807) is 12.1 Å². The molecule has 3 nitrogen and oxygen atoms in total. The lowest BCUT2D eigenvalue weighted by atomic mass is 10.1. The summed E-state index contributed by atoms with van der Waals surface area (Å²) in [6, 6.07) is 14.2. The maximum atomic E-state index is 12.9. The summed E-state index contributed by atoms with van der Waals surface area (Å²) in [5.41, 5.74) is 3.05. The molecule has 23 heavy (non-hydrogen) atoms. The van der Waals surface area contributed by atoms with Crippen molar-refractivity contribution in [1.29, 1.82) is 0 Å². The van der Waals surface area contributed by atoms with Crippen LogP contribution in [0.1, 0.15) is 18.1 Å². The van der Waals surface area contributed by atoms with E-state index < -0.39 is 0 Å². The van der Waals surface area contributed by atoms with Crippen LogP contribution in [-0.4, -0.2) is 16.3 Å². The number of nitrogens with one attached hydrogen (secondary N) is 1. The third kappa shape index (κ3) is 3.99. The van der Waals surface area contributed by atoms with Crippen LogP contribution < -0.4 is 5.32 Å². The fourth-order valence-corrected chi connectivity index (χ4v) is 3.38. The van der Waals surface area contributed by atoms with Gasteiger partial charge < -0.3 is 5.32 Å². The Morgan fingerprint density at radius 3 is 2.39 bits per heavy atom. The van der Waals surface area contributed by atoms with Gasteiger partial charge in [0.2, 0.25) is 5.91 Å². The zero-order chi connectivity index (χ0) is 16.2. The van der Waals surface area contributed by atoms with Crippen molar-refractivity contribution in [3.8, 4) is 0 Å². The van der Waals surface area contributed by atoms with Crippen molar-refractivity contribution < 1.29 is 9.18 Å². The van der Waals surface area contributed by atoms with Crippen LogP contribution >= 0.6 is 11.8 Å². The van der Waals surface area contributed by atoms with Crippen LogP contribution in [0.2, 0.25) is 0 Å². The summed E-state index contributed by atoms with van der Waals surface area (Å²) in [4.78, 5) is 16.4. The number of amidine groups is 1. The lowest BCUT2D eigenvalue weighted by Crippen LogP contribution is -2.25. The number of aliphatic imine (C=N–C) groups is 1. The molecule has 2 aromatic rings. The van der Waals surface area contributed by atoms with Crippen LogP contribution in [0.5, 0.6) is 0 Å². The number of thioether (sulfide) groups is 1. The third-order valence-electron chi connectivity index (χ3n) is 3.69. The molecule has 5 heteroatoms. The van der Waals surface area contributed by atoms with Crippen molar-refractivity contribution in [2.75, 3.05) is 0 Å². The number of nitrogens with zero attached hydrogens (tertiary/aromatic N) is 1. The summed E-state index contributed by atoms with van der Waals surface area (Å²) in [7, 11) is 0. The Morgan fingerprint density at radius 2 is 1.74 bits per heavy atom. The Balaban J connectivity index is 1.68. The molecule has 0 aliphatic carbocycles. The van der Waals surface area contributed by atoms with E-state index >= 15 is 0 Å². The van der Waals surface area contributed by atoms with Gasteiger partial charge in [0, 0.05) is 0 Å². The van der Waals surface area contributed by atoms with Gasteiger partial charge in [-0.3, -0.25) is 4.79 Å². The van der Waals surface area contributed by atoms with Crippen molar-refractivity contribution >= 4 is 28.5 Å². The van der Waals surface area contributed by atoms with E-state index in [1.165, 1.54) is 29.5 Å². The third-order valence-corrected chi connectivity index (χ3v) is 4.77. The molecule has 118 valence electrons. The minimum atomic E-state index is -0.300. The lowest BCUT2D eigenvalue weighted by Gasteiger charge is -2.06. The van der Waals surface area contributed by atoms with Gasteiger partial charge in [-0.1, -0.05) is 43.0 Å². The normalized spacial score (nSPS) is 19.1. The number of carbonyl (C=O) groups is 1. The van der Waals surface area contributed by atoms with Gasteiger partial charge in [0.15, 0.2) is 5.17 Å². The molecule has 2 aromatic carbocycles. The van der Waals surface area contributed by atoms with Gasteiger partial charge in [0.1, 0.15) is 5.82 Å². The number of benzene rings is 2. The maximum absolute atomic E-state index is 12.9. The molecule has 0 aromatic heterocycles. The first-order chi connectivity index (χ1) is 11.1. The molecule has 0 saturated carbocycles. The SMILES string of the molecule is CCc1ccc(CC2SC(=Nc3ccc(F)cc3)NC2=O)cc1. The van der Waals surface area contributed by atoms with Gasteiger partial charge in [-0.15, -0.1) is 0 Å². The number of amides is 1. The Labute approximate surface area is 139 Å². The smallest absolute Gasteiger partial charge is 0.239 e. The number of carbonyl (C=O) groups excluding carboxylic acids is 1. The highest BCUT2D eigenvalue weighted by Gasteiger charge is 2.30. The fraction of sp³-hybridized carbons (Fsp3) is 0.222. The monoisotopic (exact) mass is 328 g/mol. The largest absolute Gasteiger partial charge is 0.304 e. The number of hydrogen-bond donors (Lipinski definition) is 1. The first-order valence-corrected chi connectivity index (χ1v) is 8.41. The highest BCUT2D eigenvalue weighted by molar-refractivity contribution is 8.15. The number of halogens is 1. The van der Waals surface area contributed by atoms with Crippen LogP contribution in [0.4, 0.5) is 10.1 Å². The van der Waals surface area contributed by atoms with Crippen molar-refractivity contribution in [3.63, 3.8) is 0 Å². The topological polar surface area (TPSA) is 41.5 Å². The molecule has 1 unspecified atom stereocenters. The summed E-state index contributed by atoms with van der Waals surface area (Å²) in [5.74, 6) is -0.333. The highest BCUT2D eigenvalue weighted by Crippen LogP contribution is 2.26. The summed E-state index contributed by atoms with van der Waals surface area (Å²) in [5, 5.41) is 3.18. The standard InChI is InChI=1S/C18H17FN2OS/c1-2-12-3-5-13(6-4-12)11-16-17(22)21-18(23-16)20-15-9-7-14(19)8-10-15/h3-10,16H,2,11H2,1H3,(H,20,21,22). The Hall–Kier alpha value is -2.14. The molecular weight excluding hydrogens is 311 g/mol. The molecule has 1 saturated heterocycles. The van der Waals surface area contributed by atoms with Gasteiger partial charge in [0.05, 0.1) is 10.9 Å². The minimum Gasteiger partial charge on any atom is -0.304 e. The highest BCUT2D eigenvalue weighted by atomic mass is 32.2. The Morgan fingerprint density at radius 1 is 1.09 bits per heavy atom. The molecule has 0 bridgehead atoms. The predicted molar refractivity (Wildman–Crippen MR) is 92.5 cm³/mol. The molecule has 1 aliphatic rings. The second-order valence-electron chi connectivity index (χ2n) is 5.36. The van der Waals surface area contributed by atoms with E-state index in [4.69, 9.17) is 0 Å². The van der Waals surface area contributed by atoms with Crippen LogP contribution in [0.15, 0.2) is 53.5 Å². The van der Waals surface area contributed by atoms with Crippen molar-refractivity contribution in [1.82, 2.24) is 5.32 Å². The van der Waals surface area contributed by atoms with Crippen molar-refractivity contribution in [2.45, 2.75) is 25.0 Å². The second-order valence-corrected chi connectivity index (χ2v) is 6.55. The lowest BCUT2D eigenvalue weighted by molar-refractivity contribution is -0.118. The van der Waals surface area contributed by atoms with E-state index in [0.29, 0.717) is 17.3 Å². The Bertz CT molecular complexity index is 726. The summed E-state index contributed by atoms with van der Waals surface area (Å²) in [6.45, 7) is 2.12. The van der Waals surface area contributed by atoms with Gasteiger partial charge in [0.25, 0.3) is 0 Å². The first kappa shape index (κ1) is 15.7.